The number of likely N-dealkylation sites (tertiary alicyclic amines) is 1. The van der Waals surface area contributed by atoms with Gasteiger partial charge in [-0.3, -0.25) is 14.6 Å². The quantitative estimate of drug-likeness (QED) is 0.773. The van der Waals surface area contributed by atoms with Crippen LogP contribution >= 0.6 is 11.6 Å². The van der Waals surface area contributed by atoms with Crippen LogP contribution in [0, 0.1) is 5.92 Å². The maximum absolute atomic E-state index is 6.61. The summed E-state index contributed by atoms with van der Waals surface area (Å²) in [4.78, 5) is 7.01. The van der Waals surface area contributed by atoms with E-state index in [4.69, 9.17) is 11.6 Å². The lowest BCUT2D eigenvalue weighted by atomic mass is 10.1. The molecule has 2 aromatic heterocycles. The van der Waals surface area contributed by atoms with Crippen LogP contribution in [0.25, 0.3) is 11.4 Å². The number of pyridine rings is 1. The molecule has 0 amide bonds. The third kappa shape index (κ3) is 5.53. The Morgan fingerprint density at radius 1 is 1.30 bits per heavy atom. The number of aryl methyl sites for hydroxylation is 1. The lowest BCUT2D eigenvalue weighted by molar-refractivity contribution is 0.250. The SMILES string of the molecule is CC(C)CCNC1CCCCN(Cc2c(-c3ccccn3)nn(C)c2Cl)C1. The number of aromatic nitrogens is 3. The molecule has 148 valence electrons. The van der Waals surface area contributed by atoms with Crippen molar-refractivity contribution in [2.75, 3.05) is 19.6 Å². The summed E-state index contributed by atoms with van der Waals surface area (Å²) in [7, 11) is 1.90. The van der Waals surface area contributed by atoms with Crippen LogP contribution in [0.1, 0.15) is 45.1 Å². The highest BCUT2D eigenvalue weighted by Crippen LogP contribution is 2.29. The van der Waals surface area contributed by atoms with Crippen molar-refractivity contribution in [2.24, 2.45) is 13.0 Å². The first-order valence-corrected chi connectivity index (χ1v) is 10.5. The molecular formula is C21H32ClN5. The fraction of sp³-hybridized carbons (Fsp3) is 0.619. The van der Waals surface area contributed by atoms with Crippen LogP contribution in [-0.4, -0.2) is 45.3 Å². The molecule has 1 aliphatic heterocycles. The summed E-state index contributed by atoms with van der Waals surface area (Å²) in [6.07, 6.45) is 6.81. The second-order valence-corrected chi connectivity index (χ2v) is 8.38. The summed E-state index contributed by atoms with van der Waals surface area (Å²) in [5.74, 6) is 0.745. The van der Waals surface area contributed by atoms with Crippen LogP contribution in [-0.2, 0) is 13.6 Å². The van der Waals surface area contributed by atoms with Gasteiger partial charge in [0.2, 0.25) is 0 Å². The third-order valence-electron chi connectivity index (χ3n) is 5.27. The van der Waals surface area contributed by atoms with Crippen LogP contribution in [0.4, 0.5) is 0 Å². The molecule has 27 heavy (non-hydrogen) atoms. The highest BCUT2D eigenvalue weighted by Gasteiger charge is 2.23. The van der Waals surface area contributed by atoms with E-state index < -0.39 is 0 Å². The number of hydrogen-bond donors (Lipinski definition) is 1. The van der Waals surface area contributed by atoms with Crippen molar-refractivity contribution >= 4 is 11.6 Å². The Morgan fingerprint density at radius 3 is 2.89 bits per heavy atom. The molecule has 0 aliphatic carbocycles. The van der Waals surface area contributed by atoms with Crippen molar-refractivity contribution in [2.45, 2.75) is 52.1 Å². The Bertz CT molecular complexity index is 713. The molecule has 5 nitrogen and oxygen atoms in total. The van der Waals surface area contributed by atoms with Gasteiger partial charge in [0.15, 0.2) is 0 Å². The van der Waals surface area contributed by atoms with Gasteiger partial charge in [0, 0.05) is 37.9 Å². The zero-order valence-corrected chi connectivity index (χ0v) is 17.5. The first-order valence-electron chi connectivity index (χ1n) is 10.1. The molecule has 2 aromatic rings. The van der Waals surface area contributed by atoms with Crippen LogP contribution in [0.15, 0.2) is 24.4 Å². The summed E-state index contributed by atoms with van der Waals surface area (Å²) < 4.78 is 1.76. The van der Waals surface area contributed by atoms with Gasteiger partial charge >= 0.3 is 0 Å². The van der Waals surface area contributed by atoms with E-state index in [2.05, 4.69) is 34.1 Å². The first kappa shape index (κ1) is 20.3. The van der Waals surface area contributed by atoms with Crippen molar-refractivity contribution in [3.05, 3.63) is 35.1 Å². The highest BCUT2D eigenvalue weighted by atomic mass is 35.5. The van der Waals surface area contributed by atoms with Crippen molar-refractivity contribution in [3.63, 3.8) is 0 Å². The van der Waals surface area contributed by atoms with Crippen molar-refractivity contribution < 1.29 is 0 Å². The molecule has 0 radical (unpaired) electrons. The number of nitrogens with one attached hydrogen (secondary N) is 1. The minimum Gasteiger partial charge on any atom is -0.313 e. The predicted octanol–water partition coefficient (Wildman–Crippen LogP) is 4.13. The van der Waals surface area contributed by atoms with Gasteiger partial charge in [-0.05, 0) is 50.4 Å². The Kier molecular flexibility index (Phi) is 7.27. The molecular weight excluding hydrogens is 358 g/mol. The van der Waals surface area contributed by atoms with Crippen molar-refractivity contribution in [1.29, 1.82) is 0 Å². The lowest BCUT2D eigenvalue weighted by Crippen LogP contribution is -2.40. The Hall–Kier alpha value is -1.43. The van der Waals surface area contributed by atoms with E-state index in [1.807, 2.05) is 31.4 Å². The average molecular weight is 390 g/mol. The molecule has 1 saturated heterocycles. The number of hydrogen-bond acceptors (Lipinski definition) is 4. The van der Waals surface area contributed by atoms with Gasteiger partial charge in [-0.2, -0.15) is 5.10 Å². The summed E-state index contributed by atoms with van der Waals surface area (Å²) in [5.41, 5.74) is 2.87. The molecule has 6 heteroatoms. The summed E-state index contributed by atoms with van der Waals surface area (Å²) in [6.45, 7) is 8.65. The zero-order valence-electron chi connectivity index (χ0n) is 16.8. The second kappa shape index (κ2) is 9.67. The molecule has 1 atom stereocenters. The van der Waals surface area contributed by atoms with E-state index >= 15 is 0 Å². The molecule has 0 aromatic carbocycles. The Morgan fingerprint density at radius 2 is 2.15 bits per heavy atom. The van der Waals surface area contributed by atoms with Crippen LogP contribution < -0.4 is 5.32 Å². The summed E-state index contributed by atoms with van der Waals surface area (Å²) in [6, 6.07) is 6.48. The molecule has 0 saturated carbocycles. The van der Waals surface area contributed by atoms with Crippen molar-refractivity contribution in [3.8, 4) is 11.4 Å². The zero-order chi connectivity index (χ0) is 19.2. The maximum Gasteiger partial charge on any atom is 0.131 e. The van der Waals surface area contributed by atoms with Gasteiger partial charge in [0.05, 0.1) is 5.69 Å². The lowest BCUT2D eigenvalue weighted by Gasteiger charge is -2.25. The van der Waals surface area contributed by atoms with E-state index in [1.54, 1.807) is 4.68 Å². The van der Waals surface area contributed by atoms with E-state index in [0.29, 0.717) is 11.2 Å². The van der Waals surface area contributed by atoms with E-state index in [9.17, 15) is 0 Å². The topological polar surface area (TPSA) is 46.0 Å². The summed E-state index contributed by atoms with van der Waals surface area (Å²) >= 11 is 6.61. The number of rotatable bonds is 7. The predicted molar refractivity (Wildman–Crippen MR) is 112 cm³/mol. The van der Waals surface area contributed by atoms with Gasteiger partial charge in [0.25, 0.3) is 0 Å². The largest absolute Gasteiger partial charge is 0.313 e. The fourth-order valence-electron chi connectivity index (χ4n) is 3.73. The monoisotopic (exact) mass is 389 g/mol. The third-order valence-corrected chi connectivity index (χ3v) is 5.74. The molecule has 3 heterocycles. The second-order valence-electron chi connectivity index (χ2n) is 8.02. The maximum atomic E-state index is 6.61. The van der Waals surface area contributed by atoms with Gasteiger partial charge in [0.1, 0.15) is 10.8 Å². The van der Waals surface area contributed by atoms with Crippen LogP contribution in [0.2, 0.25) is 5.15 Å². The standard InChI is InChI=1S/C21H32ClN5/c1-16(2)10-12-23-17-8-5-7-13-27(14-17)15-18-20(25-26(3)21(18)22)19-9-4-6-11-24-19/h4,6,9,11,16-17,23H,5,7-8,10,12-15H2,1-3H3. The highest BCUT2D eigenvalue weighted by molar-refractivity contribution is 6.30. The summed E-state index contributed by atoms with van der Waals surface area (Å²) in [5, 5.41) is 9.12. The first-order chi connectivity index (χ1) is 13.0. The molecule has 0 spiro atoms. The number of halogens is 1. The average Bonchev–Trinajstić information content (AvgIpc) is 2.82. The van der Waals surface area contributed by atoms with Crippen molar-refractivity contribution in [1.82, 2.24) is 25.0 Å². The molecule has 3 rings (SSSR count). The Balaban J connectivity index is 1.72. The minimum atomic E-state index is 0.556. The van der Waals surface area contributed by atoms with Gasteiger partial charge in [-0.25, -0.2) is 0 Å². The molecule has 1 unspecified atom stereocenters. The Labute approximate surface area is 168 Å². The van der Waals surface area contributed by atoms with Crippen LogP contribution in [0.5, 0.6) is 0 Å². The molecule has 1 fully saturated rings. The van der Waals surface area contributed by atoms with Crippen LogP contribution in [0.3, 0.4) is 0 Å². The van der Waals surface area contributed by atoms with Gasteiger partial charge in [-0.1, -0.05) is 37.9 Å². The van der Waals surface area contributed by atoms with E-state index in [-0.39, 0.29) is 0 Å². The van der Waals surface area contributed by atoms with E-state index in [0.717, 1.165) is 49.0 Å². The minimum absolute atomic E-state index is 0.556. The van der Waals surface area contributed by atoms with Gasteiger partial charge in [-0.15, -0.1) is 0 Å². The molecule has 1 aliphatic rings. The normalized spacial score (nSPS) is 18.8. The smallest absolute Gasteiger partial charge is 0.131 e. The number of nitrogens with zero attached hydrogens (tertiary/aromatic N) is 4. The fourth-order valence-corrected chi connectivity index (χ4v) is 3.91. The van der Waals surface area contributed by atoms with Gasteiger partial charge < -0.3 is 5.32 Å². The molecule has 1 N–H and O–H groups in total. The van der Waals surface area contributed by atoms with E-state index in [1.165, 1.54) is 25.7 Å². The molecule has 0 bridgehead atoms.